The fraction of sp³-hybridized carbons (Fsp3) is 0.200. The lowest BCUT2D eigenvalue weighted by Crippen LogP contribution is -2.08. The molecule has 0 saturated carbocycles. The van der Waals surface area contributed by atoms with Gasteiger partial charge in [0, 0.05) is 29.5 Å². The smallest absolute Gasteiger partial charge is 0.205 e. The van der Waals surface area contributed by atoms with Crippen LogP contribution in [0.15, 0.2) is 54.6 Å². The molecule has 10 heteroatoms. The van der Waals surface area contributed by atoms with Crippen LogP contribution in [-0.4, -0.2) is 41.4 Å². The number of aromatic nitrogens is 7. The van der Waals surface area contributed by atoms with Crippen molar-refractivity contribution in [2.45, 2.75) is 32.7 Å². The van der Waals surface area contributed by atoms with Crippen molar-refractivity contribution < 1.29 is 4.79 Å². The van der Waals surface area contributed by atoms with Gasteiger partial charge in [-0.05, 0) is 35.4 Å². The summed E-state index contributed by atoms with van der Waals surface area (Å²) in [6.45, 7) is 2.64. The zero-order valence-electron chi connectivity index (χ0n) is 19.0. The summed E-state index contributed by atoms with van der Waals surface area (Å²) in [6, 6.07) is 18.0. The number of aldehydes is 1. The summed E-state index contributed by atoms with van der Waals surface area (Å²) >= 11 is 6.23. The number of rotatable bonds is 8. The van der Waals surface area contributed by atoms with Crippen molar-refractivity contribution in [1.29, 1.82) is 0 Å². The SMILES string of the molecule is CCCCc1nc(Cl)c(C=O)n1Cc1ccc2nc(-c3ccccc3-c3nn[nH]n3)ccc2c1.Cl. The molecule has 0 spiro atoms. The lowest BCUT2D eigenvalue weighted by Gasteiger charge is -2.11. The highest BCUT2D eigenvalue weighted by Crippen LogP contribution is 2.30. The third-order valence-electron chi connectivity index (χ3n) is 5.79. The Kier molecular flexibility index (Phi) is 7.53. The summed E-state index contributed by atoms with van der Waals surface area (Å²) in [6.07, 6.45) is 3.59. The molecular formula is C25H23Cl2N7O. The van der Waals surface area contributed by atoms with E-state index >= 15 is 0 Å². The Morgan fingerprint density at radius 2 is 1.89 bits per heavy atom. The number of hydrogen-bond donors (Lipinski definition) is 1. The van der Waals surface area contributed by atoms with Crippen molar-refractivity contribution in [3.05, 3.63) is 76.8 Å². The van der Waals surface area contributed by atoms with Gasteiger partial charge in [-0.3, -0.25) is 4.79 Å². The predicted octanol–water partition coefficient (Wildman–Crippen LogP) is 5.56. The first-order valence-corrected chi connectivity index (χ1v) is 11.5. The number of aromatic amines is 1. The molecule has 35 heavy (non-hydrogen) atoms. The van der Waals surface area contributed by atoms with Gasteiger partial charge in [0.05, 0.1) is 11.2 Å². The van der Waals surface area contributed by atoms with E-state index in [4.69, 9.17) is 16.6 Å². The van der Waals surface area contributed by atoms with Gasteiger partial charge < -0.3 is 4.57 Å². The first-order chi connectivity index (χ1) is 16.7. The van der Waals surface area contributed by atoms with Crippen LogP contribution >= 0.6 is 24.0 Å². The summed E-state index contributed by atoms with van der Waals surface area (Å²) < 4.78 is 1.91. The van der Waals surface area contributed by atoms with Gasteiger partial charge in [0.1, 0.15) is 11.5 Å². The highest BCUT2D eigenvalue weighted by Gasteiger charge is 2.16. The van der Waals surface area contributed by atoms with Crippen molar-refractivity contribution in [2.75, 3.05) is 0 Å². The number of pyridine rings is 1. The second-order valence-corrected chi connectivity index (χ2v) is 8.37. The number of hydrogen-bond acceptors (Lipinski definition) is 6. The number of imidazole rings is 1. The van der Waals surface area contributed by atoms with E-state index < -0.39 is 0 Å². The Hall–Kier alpha value is -3.62. The largest absolute Gasteiger partial charge is 0.320 e. The topological polar surface area (TPSA) is 102 Å². The van der Waals surface area contributed by atoms with E-state index in [9.17, 15) is 4.79 Å². The molecule has 0 fully saturated rings. The van der Waals surface area contributed by atoms with E-state index in [0.29, 0.717) is 18.1 Å². The number of halogens is 2. The minimum absolute atomic E-state index is 0. The quantitative estimate of drug-likeness (QED) is 0.276. The molecule has 0 saturated heterocycles. The van der Waals surface area contributed by atoms with Gasteiger partial charge in [0.2, 0.25) is 5.82 Å². The van der Waals surface area contributed by atoms with Crippen molar-refractivity contribution >= 4 is 41.2 Å². The summed E-state index contributed by atoms with van der Waals surface area (Å²) in [7, 11) is 0. The van der Waals surface area contributed by atoms with Gasteiger partial charge in [-0.15, -0.1) is 22.6 Å². The summed E-state index contributed by atoms with van der Waals surface area (Å²) in [4.78, 5) is 21.0. The summed E-state index contributed by atoms with van der Waals surface area (Å²) in [5.41, 5.74) is 4.95. The number of carbonyl (C=O) groups excluding carboxylic acids is 1. The fourth-order valence-corrected chi connectivity index (χ4v) is 4.32. The third kappa shape index (κ3) is 4.94. The molecule has 0 amide bonds. The van der Waals surface area contributed by atoms with Crippen LogP contribution < -0.4 is 0 Å². The van der Waals surface area contributed by atoms with Crippen LogP contribution in [-0.2, 0) is 13.0 Å². The molecule has 0 unspecified atom stereocenters. The van der Waals surface area contributed by atoms with Crippen LogP contribution in [0.4, 0.5) is 0 Å². The molecular weight excluding hydrogens is 485 g/mol. The Morgan fingerprint density at radius 1 is 1.06 bits per heavy atom. The van der Waals surface area contributed by atoms with Gasteiger partial charge in [-0.25, -0.2) is 9.97 Å². The predicted molar refractivity (Wildman–Crippen MR) is 138 cm³/mol. The zero-order chi connectivity index (χ0) is 23.5. The van der Waals surface area contributed by atoms with Crippen LogP contribution in [0.25, 0.3) is 33.5 Å². The second-order valence-electron chi connectivity index (χ2n) is 8.02. The van der Waals surface area contributed by atoms with Crippen molar-refractivity contribution in [3.8, 4) is 22.6 Å². The normalized spacial score (nSPS) is 10.9. The van der Waals surface area contributed by atoms with Gasteiger partial charge in [0.15, 0.2) is 11.4 Å². The molecule has 0 aliphatic carbocycles. The lowest BCUT2D eigenvalue weighted by atomic mass is 10.0. The maximum absolute atomic E-state index is 11.7. The number of nitrogens with zero attached hydrogens (tertiary/aromatic N) is 6. The average molecular weight is 508 g/mol. The molecule has 178 valence electrons. The average Bonchev–Trinajstić information content (AvgIpc) is 3.50. The first-order valence-electron chi connectivity index (χ1n) is 11.1. The van der Waals surface area contributed by atoms with E-state index in [2.05, 4.69) is 38.6 Å². The van der Waals surface area contributed by atoms with Crippen LogP contribution in [0.3, 0.4) is 0 Å². The molecule has 5 rings (SSSR count). The van der Waals surface area contributed by atoms with E-state index in [1.807, 2.05) is 53.1 Å². The fourth-order valence-electron chi connectivity index (χ4n) is 4.08. The third-order valence-corrected chi connectivity index (χ3v) is 6.07. The highest BCUT2D eigenvalue weighted by molar-refractivity contribution is 6.31. The number of aryl methyl sites for hydroxylation is 1. The van der Waals surface area contributed by atoms with Crippen LogP contribution in [0, 0.1) is 0 Å². The van der Waals surface area contributed by atoms with Crippen molar-refractivity contribution in [3.63, 3.8) is 0 Å². The van der Waals surface area contributed by atoms with Crippen LogP contribution in [0.1, 0.15) is 41.6 Å². The number of tetrazole rings is 1. The monoisotopic (exact) mass is 507 g/mol. The number of nitrogens with one attached hydrogen (secondary N) is 1. The molecule has 0 bridgehead atoms. The van der Waals surface area contributed by atoms with E-state index in [1.165, 1.54) is 0 Å². The molecule has 0 aliphatic rings. The zero-order valence-corrected chi connectivity index (χ0v) is 20.6. The number of benzene rings is 2. The van der Waals surface area contributed by atoms with Crippen molar-refractivity contribution in [1.82, 2.24) is 35.2 Å². The second kappa shape index (κ2) is 10.8. The van der Waals surface area contributed by atoms with Gasteiger partial charge >= 0.3 is 0 Å². The molecule has 0 aliphatic heterocycles. The van der Waals surface area contributed by atoms with E-state index in [1.54, 1.807) is 0 Å². The Balaban J connectivity index is 0.00000289. The van der Waals surface area contributed by atoms with Crippen molar-refractivity contribution in [2.24, 2.45) is 0 Å². The molecule has 1 N–H and O–H groups in total. The maximum Gasteiger partial charge on any atom is 0.205 e. The molecule has 0 atom stereocenters. The standard InChI is InChI=1S/C25H22ClN7O.ClH/c1-2-3-8-23-28-24(26)22(15-34)33(23)14-16-9-11-20-17(13-16)10-12-21(27-20)18-6-4-5-7-19(18)25-29-31-32-30-25;/h4-7,9-13,15H,2-3,8,14H2,1H3,(H,29,30,31,32);1H. The lowest BCUT2D eigenvalue weighted by molar-refractivity contribution is 0.111. The van der Waals surface area contributed by atoms with Gasteiger partial charge in [-0.2, -0.15) is 5.21 Å². The summed E-state index contributed by atoms with van der Waals surface area (Å²) in [5.74, 6) is 1.36. The molecule has 8 nitrogen and oxygen atoms in total. The molecule has 3 aromatic heterocycles. The summed E-state index contributed by atoms with van der Waals surface area (Å²) in [5, 5.41) is 15.7. The molecule has 5 aromatic rings. The molecule has 0 radical (unpaired) electrons. The van der Waals surface area contributed by atoms with Crippen LogP contribution in [0.5, 0.6) is 0 Å². The number of fused-ring (bicyclic) bond motifs is 1. The van der Waals surface area contributed by atoms with Gasteiger partial charge in [-0.1, -0.05) is 61.3 Å². The van der Waals surface area contributed by atoms with E-state index in [0.717, 1.165) is 64.7 Å². The molecule has 2 aromatic carbocycles. The highest BCUT2D eigenvalue weighted by atomic mass is 35.5. The minimum atomic E-state index is 0. The maximum atomic E-state index is 11.7. The Morgan fingerprint density at radius 3 is 2.63 bits per heavy atom. The minimum Gasteiger partial charge on any atom is -0.320 e. The van der Waals surface area contributed by atoms with Gasteiger partial charge in [0.25, 0.3) is 0 Å². The number of carbonyl (C=O) groups is 1. The number of H-pyrrole nitrogens is 1. The van der Waals surface area contributed by atoms with Crippen LogP contribution in [0.2, 0.25) is 5.15 Å². The molecule has 3 heterocycles. The first kappa shape index (κ1) is 24.5. The Labute approximate surface area is 213 Å². The Bertz CT molecular complexity index is 1460. The number of unbranched alkanes of at least 4 members (excludes halogenated alkanes) is 1. The van der Waals surface area contributed by atoms with E-state index in [-0.39, 0.29) is 17.6 Å².